The second-order valence-electron chi connectivity index (χ2n) is 4.63. The van der Waals surface area contributed by atoms with Gasteiger partial charge in [0.15, 0.2) is 0 Å². The van der Waals surface area contributed by atoms with Gasteiger partial charge in [0.1, 0.15) is 5.82 Å². The maximum Gasteiger partial charge on any atom is 0.127 e. The third-order valence-corrected chi connectivity index (χ3v) is 2.94. The highest BCUT2D eigenvalue weighted by Gasteiger charge is 2.24. The monoisotopic (exact) mass is 222 g/mol. The molecule has 2 N–H and O–H groups in total. The molecular weight excluding hydrogens is 203 g/mol. The third-order valence-electron chi connectivity index (χ3n) is 2.94. The first-order chi connectivity index (χ1) is 7.69. The summed E-state index contributed by atoms with van der Waals surface area (Å²) in [5, 5.41) is 0. The molecule has 1 fully saturated rings. The molecule has 1 saturated carbocycles. The molecule has 0 unspecified atom stereocenters. The summed E-state index contributed by atoms with van der Waals surface area (Å²) >= 11 is 0. The average molecular weight is 222 g/mol. The van der Waals surface area contributed by atoms with Gasteiger partial charge < -0.3 is 10.6 Å². The average Bonchev–Trinajstić information content (AvgIpc) is 2.99. The number of nitrogen functional groups attached to an aromatic ring is 1. The highest BCUT2D eigenvalue weighted by atomic mass is 19.1. The van der Waals surface area contributed by atoms with E-state index < -0.39 is 0 Å². The maximum absolute atomic E-state index is 13.3. The Labute approximate surface area is 96.2 Å². The van der Waals surface area contributed by atoms with E-state index in [1.165, 1.54) is 18.9 Å². The van der Waals surface area contributed by atoms with Gasteiger partial charge in [-0.3, -0.25) is 0 Å². The summed E-state index contributed by atoms with van der Waals surface area (Å²) in [6.45, 7) is 4.15. The van der Waals surface area contributed by atoms with Crippen LogP contribution < -0.4 is 10.6 Å². The third kappa shape index (κ3) is 2.87. The van der Waals surface area contributed by atoms with Crippen molar-refractivity contribution in [3.63, 3.8) is 0 Å². The van der Waals surface area contributed by atoms with Gasteiger partial charge in [-0.1, -0.05) is 6.92 Å². The number of hydrogen-bond acceptors (Lipinski definition) is 2. The van der Waals surface area contributed by atoms with Crippen LogP contribution in [0.5, 0.6) is 0 Å². The van der Waals surface area contributed by atoms with Crippen molar-refractivity contribution in [2.75, 3.05) is 23.7 Å². The molecule has 0 bridgehead atoms. The molecule has 0 aliphatic heterocycles. The minimum Gasteiger partial charge on any atom is -0.399 e. The van der Waals surface area contributed by atoms with E-state index in [9.17, 15) is 4.39 Å². The largest absolute Gasteiger partial charge is 0.399 e. The maximum atomic E-state index is 13.3. The molecule has 0 saturated heterocycles. The van der Waals surface area contributed by atoms with Gasteiger partial charge in [0.25, 0.3) is 0 Å². The van der Waals surface area contributed by atoms with Crippen molar-refractivity contribution in [2.24, 2.45) is 5.92 Å². The Morgan fingerprint density at radius 3 is 2.69 bits per heavy atom. The van der Waals surface area contributed by atoms with Crippen LogP contribution in [0.2, 0.25) is 0 Å². The first-order valence-electron chi connectivity index (χ1n) is 6.00. The van der Waals surface area contributed by atoms with Gasteiger partial charge in [-0.15, -0.1) is 0 Å². The van der Waals surface area contributed by atoms with Gasteiger partial charge in [0.05, 0.1) is 0 Å². The van der Waals surface area contributed by atoms with Crippen molar-refractivity contribution >= 4 is 11.4 Å². The lowest BCUT2D eigenvalue weighted by atomic mass is 10.2. The Bertz CT molecular complexity index is 341. The van der Waals surface area contributed by atoms with Gasteiger partial charge in [-0.2, -0.15) is 0 Å². The highest BCUT2D eigenvalue weighted by Crippen LogP contribution is 2.32. The van der Waals surface area contributed by atoms with Crippen molar-refractivity contribution in [1.29, 1.82) is 0 Å². The van der Waals surface area contributed by atoms with E-state index in [4.69, 9.17) is 5.73 Å². The molecule has 88 valence electrons. The molecule has 0 atom stereocenters. The van der Waals surface area contributed by atoms with E-state index in [0.29, 0.717) is 5.69 Å². The summed E-state index contributed by atoms with van der Waals surface area (Å²) in [7, 11) is 0. The van der Waals surface area contributed by atoms with Gasteiger partial charge in [-0.25, -0.2) is 4.39 Å². The minimum atomic E-state index is -0.244. The number of nitrogens with zero attached hydrogens (tertiary/aromatic N) is 1. The fourth-order valence-corrected chi connectivity index (χ4v) is 1.99. The fraction of sp³-hybridized carbons (Fsp3) is 0.538. The number of nitrogens with two attached hydrogens (primary N) is 1. The van der Waals surface area contributed by atoms with Crippen molar-refractivity contribution in [3.8, 4) is 0 Å². The predicted octanol–water partition coefficient (Wildman–Crippen LogP) is 3.03. The van der Waals surface area contributed by atoms with Gasteiger partial charge in [0, 0.05) is 24.5 Å². The van der Waals surface area contributed by atoms with Crippen molar-refractivity contribution in [2.45, 2.75) is 26.2 Å². The summed E-state index contributed by atoms with van der Waals surface area (Å²) in [6.07, 6.45) is 3.69. The van der Waals surface area contributed by atoms with Crippen molar-refractivity contribution in [3.05, 3.63) is 24.0 Å². The van der Waals surface area contributed by atoms with Crippen LogP contribution in [0.1, 0.15) is 26.2 Å². The Morgan fingerprint density at radius 1 is 1.38 bits per heavy atom. The zero-order valence-electron chi connectivity index (χ0n) is 9.75. The molecule has 0 heterocycles. The van der Waals surface area contributed by atoms with Crippen LogP contribution in [0.3, 0.4) is 0 Å². The number of benzene rings is 1. The zero-order valence-corrected chi connectivity index (χ0v) is 9.75. The van der Waals surface area contributed by atoms with Crippen LogP contribution in [0.4, 0.5) is 15.8 Å². The van der Waals surface area contributed by atoms with Crippen LogP contribution >= 0.6 is 0 Å². The Morgan fingerprint density at radius 2 is 2.12 bits per heavy atom. The molecule has 2 rings (SSSR count). The van der Waals surface area contributed by atoms with Crippen molar-refractivity contribution in [1.82, 2.24) is 0 Å². The molecule has 1 aliphatic rings. The molecule has 1 aromatic rings. The molecule has 0 spiro atoms. The Hall–Kier alpha value is -1.25. The predicted molar refractivity (Wildman–Crippen MR) is 66.0 cm³/mol. The SMILES string of the molecule is CCCN(CC1CC1)c1cc(N)cc(F)c1. The standard InChI is InChI=1S/C13H19FN2/c1-2-5-16(9-10-3-4-10)13-7-11(14)6-12(15)8-13/h6-8,10H,2-5,9,15H2,1H3. The van der Waals surface area contributed by atoms with E-state index >= 15 is 0 Å². The summed E-state index contributed by atoms with van der Waals surface area (Å²) in [5.74, 6) is 0.558. The summed E-state index contributed by atoms with van der Waals surface area (Å²) in [5.41, 5.74) is 7.10. The zero-order chi connectivity index (χ0) is 11.5. The molecule has 0 radical (unpaired) electrons. The molecule has 2 nitrogen and oxygen atoms in total. The first kappa shape index (κ1) is 11.2. The molecule has 0 amide bonds. The van der Waals surface area contributed by atoms with E-state index in [-0.39, 0.29) is 5.82 Å². The lowest BCUT2D eigenvalue weighted by molar-refractivity contribution is 0.625. The molecule has 1 aromatic carbocycles. The molecule has 16 heavy (non-hydrogen) atoms. The van der Waals surface area contributed by atoms with E-state index in [0.717, 1.165) is 31.1 Å². The summed E-state index contributed by atoms with van der Waals surface area (Å²) in [4.78, 5) is 2.25. The number of halogens is 1. The quantitative estimate of drug-likeness (QED) is 0.776. The highest BCUT2D eigenvalue weighted by molar-refractivity contribution is 5.56. The number of rotatable bonds is 5. The van der Waals surface area contributed by atoms with Crippen LogP contribution in [0, 0.1) is 11.7 Å². The summed E-state index contributed by atoms with van der Waals surface area (Å²) in [6, 6.07) is 4.81. The van der Waals surface area contributed by atoms with Crippen LogP contribution in [-0.2, 0) is 0 Å². The van der Waals surface area contributed by atoms with Gasteiger partial charge >= 0.3 is 0 Å². The van der Waals surface area contributed by atoms with Crippen LogP contribution in [0.25, 0.3) is 0 Å². The van der Waals surface area contributed by atoms with Gasteiger partial charge in [-0.05, 0) is 43.4 Å². The fourth-order valence-electron chi connectivity index (χ4n) is 1.99. The number of hydrogen-bond donors (Lipinski definition) is 1. The van der Waals surface area contributed by atoms with Crippen molar-refractivity contribution < 1.29 is 4.39 Å². The van der Waals surface area contributed by atoms with E-state index in [1.54, 1.807) is 6.07 Å². The summed E-state index contributed by atoms with van der Waals surface area (Å²) < 4.78 is 13.3. The lowest BCUT2D eigenvalue weighted by Crippen LogP contribution is -2.26. The van der Waals surface area contributed by atoms with Crippen LogP contribution in [0.15, 0.2) is 18.2 Å². The molecular formula is C13H19FN2. The minimum absolute atomic E-state index is 0.244. The second kappa shape index (κ2) is 4.73. The van der Waals surface area contributed by atoms with E-state index in [2.05, 4.69) is 11.8 Å². The second-order valence-corrected chi connectivity index (χ2v) is 4.63. The number of anilines is 2. The first-order valence-corrected chi connectivity index (χ1v) is 6.00. The molecule has 3 heteroatoms. The Balaban J connectivity index is 2.15. The normalized spacial score (nSPS) is 15.1. The lowest BCUT2D eigenvalue weighted by Gasteiger charge is -2.24. The topological polar surface area (TPSA) is 29.3 Å². The van der Waals surface area contributed by atoms with Gasteiger partial charge in [0.2, 0.25) is 0 Å². The molecule has 0 aromatic heterocycles. The Kier molecular flexibility index (Phi) is 3.32. The smallest absolute Gasteiger partial charge is 0.127 e. The van der Waals surface area contributed by atoms with E-state index in [1.807, 2.05) is 6.07 Å². The molecule has 1 aliphatic carbocycles. The van der Waals surface area contributed by atoms with Crippen LogP contribution in [-0.4, -0.2) is 13.1 Å².